The SMILES string of the molecule is C1=C2SCCCCCOc3ccc(cc3)N=Nc3ccc(cc3)OCCCCCSC3=CS/C(=C(\S1)S2)S3. The Labute approximate surface area is 251 Å². The lowest BCUT2D eigenvalue weighted by Crippen LogP contribution is -1.97. The zero-order chi connectivity index (χ0) is 25.8. The molecule has 0 aliphatic carbocycles. The van der Waals surface area contributed by atoms with Crippen molar-refractivity contribution in [2.75, 3.05) is 24.7 Å². The molecule has 38 heavy (non-hydrogen) atoms. The maximum atomic E-state index is 5.92. The zero-order valence-corrected chi connectivity index (χ0v) is 25.9. The van der Waals surface area contributed by atoms with Gasteiger partial charge in [-0.25, -0.2) is 0 Å². The Bertz CT molecular complexity index is 1090. The van der Waals surface area contributed by atoms with Crippen LogP contribution in [-0.4, -0.2) is 24.7 Å². The summed E-state index contributed by atoms with van der Waals surface area (Å²) in [7, 11) is 0. The number of hydrogen-bond donors (Lipinski definition) is 0. The first kappa shape index (κ1) is 28.5. The number of rotatable bonds is 0. The molecule has 0 saturated heterocycles. The molecule has 8 bridgehead atoms. The molecule has 10 heteroatoms. The minimum absolute atomic E-state index is 0.741. The van der Waals surface area contributed by atoms with Crippen molar-refractivity contribution < 1.29 is 9.47 Å². The van der Waals surface area contributed by atoms with E-state index in [-0.39, 0.29) is 0 Å². The Morgan fingerprint density at radius 2 is 0.974 bits per heavy atom. The van der Waals surface area contributed by atoms with Crippen LogP contribution in [0.5, 0.6) is 11.5 Å². The predicted molar refractivity (Wildman–Crippen MR) is 174 cm³/mol. The fourth-order valence-electron chi connectivity index (χ4n) is 3.61. The number of nitrogens with zero attached hydrogens (tertiary/aromatic N) is 2. The molecule has 0 amide bonds. The fourth-order valence-corrected chi connectivity index (χ4v) is 11.4. The lowest BCUT2D eigenvalue weighted by atomic mass is 10.2. The normalized spacial score (nSPS) is 21.9. The minimum Gasteiger partial charge on any atom is -0.494 e. The van der Waals surface area contributed by atoms with Gasteiger partial charge in [-0.1, -0.05) is 47.0 Å². The van der Waals surface area contributed by atoms with Gasteiger partial charge in [-0.05, 0) is 109 Å². The van der Waals surface area contributed by atoms with E-state index in [9.17, 15) is 0 Å². The Kier molecular flexibility index (Phi) is 11.7. The summed E-state index contributed by atoms with van der Waals surface area (Å²) < 4.78 is 17.6. The molecule has 0 aromatic heterocycles. The first-order valence-electron chi connectivity index (χ1n) is 12.8. The molecule has 0 radical (unpaired) electrons. The Morgan fingerprint density at radius 3 is 1.42 bits per heavy atom. The molecule has 5 heterocycles. The average molecular weight is 619 g/mol. The number of azo groups is 1. The maximum Gasteiger partial charge on any atom is 0.119 e. The first-order valence-corrected chi connectivity index (χ1v) is 18.1. The second kappa shape index (κ2) is 15.7. The van der Waals surface area contributed by atoms with Gasteiger partial charge in [0.05, 0.1) is 41.5 Å². The summed E-state index contributed by atoms with van der Waals surface area (Å²) in [5, 5.41) is 13.4. The number of benzene rings is 2. The topological polar surface area (TPSA) is 43.2 Å². The molecule has 5 aliphatic heterocycles. The highest BCUT2D eigenvalue weighted by atomic mass is 32.2. The van der Waals surface area contributed by atoms with E-state index in [1.165, 1.54) is 42.6 Å². The van der Waals surface area contributed by atoms with E-state index in [1.54, 1.807) is 0 Å². The molecular formula is C28H30N2O2S6. The molecular weight excluding hydrogens is 589 g/mol. The third-order valence-electron chi connectivity index (χ3n) is 5.64. The van der Waals surface area contributed by atoms with E-state index < -0.39 is 0 Å². The molecule has 0 spiro atoms. The largest absolute Gasteiger partial charge is 0.494 e. The molecule has 5 aliphatic rings. The van der Waals surface area contributed by atoms with Gasteiger partial charge in [-0.2, -0.15) is 10.2 Å². The minimum atomic E-state index is 0.741. The first-order chi connectivity index (χ1) is 18.8. The molecule has 200 valence electrons. The van der Waals surface area contributed by atoms with Gasteiger partial charge in [0.15, 0.2) is 0 Å². The highest BCUT2D eigenvalue weighted by Crippen LogP contribution is 2.58. The van der Waals surface area contributed by atoms with Crippen LogP contribution in [0.3, 0.4) is 0 Å². The summed E-state index contributed by atoms with van der Waals surface area (Å²) in [6.45, 7) is 1.48. The number of ether oxygens (including phenoxy) is 2. The van der Waals surface area contributed by atoms with E-state index in [0.717, 1.165) is 60.4 Å². The standard InChI is InChI=1S/C28H30N2O2S6/c1-3-15-31-23-11-7-21(8-12-23)29-30-22-9-13-24(14-10-22)32-16-4-2-6-18-34-26-20-36-28(38-26)27-35-19-25(37-27)33-17-5-1/h7-14,19-20H,1-6,15-18H2/b28-27-,30-29?. The number of fused-ring (bicyclic) bond motifs is 2. The van der Waals surface area contributed by atoms with Crippen LogP contribution in [0.1, 0.15) is 38.5 Å². The van der Waals surface area contributed by atoms with Gasteiger partial charge in [0.2, 0.25) is 0 Å². The van der Waals surface area contributed by atoms with Crippen LogP contribution >= 0.6 is 70.6 Å². The molecule has 4 nitrogen and oxygen atoms in total. The smallest absolute Gasteiger partial charge is 0.119 e. The van der Waals surface area contributed by atoms with Crippen LogP contribution < -0.4 is 9.47 Å². The van der Waals surface area contributed by atoms with Gasteiger partial charge in [0.25, 0.3) is 0 Å². The Hall–Kier alpha value is -1.04. The van der Waals surface area contributed by atoms with E-state index in [1.807, 2.05) is 119 Å². The quantitative estimate of drug-likeness (QED) is 0.289. The third kappa shape index (κ3) is 9.27. The van der Waals surface area contributed by atoms with E-state index >= 15 is 0 Å². The van der Waals surface area contributed by atoms with Gasteiger partial charge >= 0.3 is 0 Å². The van der Waals surface area contributed by atoms with Crippen LogP contribution in [0, 0.1) is 0 Å². The van der Waals surface area contributed by atoms with Crippen molar-refractivity contribution in [2.45, 2.75) is 38.5 Å². The van der Waals surface area contributed by atoms with Gasteiger partial charge in [-0.15, -0.1) is 23.5 Å². The molecule has 0 fully saturated rings. The van der Waals surface area contributed by atoms with E-state index in [0.29, 0.717) is 0 Å². The van der Waals surface area contributed by atoms with Crippen molar-refractivity contribution in [3.05, 3.63) is 76.3 Å². The number of hydrogen-bond acceptors (Lipinski definition) is 10. The van der Waals surface area contributed by atoms with Crippen molar-refractivity contribution in [2.24, 2.45) is 10.2 Å². The van der Waals surface area contributed by atoms with Crippen LogP contribution in [0.2, 0.25) is 0 Å². The van der Waals surface area contributed by atoms with Crippen molar-refractivity contribution in [3.63, 3.8) is 0 Å². The summed E-state index contributed by atoms with van der Waals surface area (Å²) >= 11 is 11.7. The van der Waals surface area contributed by atoms with E-state index in [4.69, 9.17) is 9.47 Å². The second-order valence-corrected chi connectivity index (χ2v) is 15.8. The summed E-state index contributed by atoms with van der Waals surface area (Å²) in [6.07, 6.45) is 6.91. The lowest BCUT2D eigenvalue weighted by Gasteiger charge is -2.07. The van der Waals surface area contributed by atoms with E-state index in [2.05, 4.69) is 21.0 Å². The average Bonchev–Trinajstić information content (AvgIpc) is 3.61. The van der Waals surface area contributed by atoms with Crippen LogP contribution in [0.15, 0.2) is 86.5 Å². The van der Waals surface area contributed by atoms with Gasteiger partial charge in [-0.3, -0.25) is 0 Å². The molecule has 2 aromatic carbocycles. The Morgan fingerprint density at radius 1 is 0.526 bits per heavy atom. The van der Waals surface area contributed by atoms with Crippen molar-refractivity contribution in [1.29, 1.82) is 0 Å². The van der Waals surface area contributed by atoms with Crippen molar-refractivity contribution in [3.8, 4) is 11.5 Å². The summed E-state index contributed by atoms with van der Waals surface area (Å²) in [4.78, 5) is 0. The zero-order valence-electron chi connectivity index (χ0n) is 21.0. The van der Waals surface area contributed by atoms with Crippen molar-refractivity contribution in [1.82, 2.24) is 0 Å². The van der Waals surface area contributed by atoms with Crippen molar-refractivity contribution >= 4 is 81.9 Å². The van der Waals surface area contributed by atoms with Gasteiger partial charge < -0.3 is 9.47 Å². The summed E-state index contributed by atoms with van der Waals surface area (Å²) in [5.74, 6) is 4.08. The molecule has 7 rings (SSSR count). The molecule has 2 aromatic rings. The van der Waals surface area contributed by atoms with Crippen LogP contribution in [0.4, 0.5) is 11.4 Å². The van der Waals surface area contributed by atoms with Crippen LogP contribution in [0.25, 0.3) is 0 Å². The summed E-state index contributed by atoms with van der Waals surface area (Å²) in [5.41, 5.74) is 1.62. The summed E-state index contributed by atoms with van der Waals surface area (Å²) in [6, 6.07) is 15.6. The third-order valence-corrected chi connectivity index (χ3v) is 13.8. The lowest BCUT2D eigenvalue weighted by molar-refractivity contribution is 0.306. The van der Waals surface area contributed by atoms with Gasteiger partial charge in [0.1, 0.15) is 11.5 Å². The molecule has 0 unspecified atom stereocenters. The molecule has 0 saturated carbocycles. The Balaban J connectivity index is 1.14. The fraction of sp³-hybridized carbons (Fsp3) is 0.357. The maximum absolute atomic E-state index is 5.92. The predicted octanol–water partition coefficient (Wildman–Crippen LogP) is 11.4. The van der Waals surface area contributed by atoms with Crippen LogP contribution in [-0.2, 0) is 0 Å². The monoisotopic (exact) mass is 618 g/mol. The number of thioether (sulfide) groups is 6. The highest BCUT2D eigenvalue weighted by Gasteiger charge is 2.22. The molecule has 0 atom stereocenters. The highest BCUT2D eigenvalue weighted by molar-refractivity contribution is 8.40. The second-order valence-electron chi connectivity index (χ2n) is 8.59. The van der Waals surface area contributed by atoms with Gasteiger partial charge in [0, 0.05) is 0 Å². The molecule has 0 N–H and O–H groups in total.